The van der Waals surface area contributed by atoms with E-state index in [2.05, 4.69) is 21.2 Å². The van der Waals surface area contributed by atoms with Crippen LogP contribution < -0.4 is 11.1 Å². The predicted molar refractivity (Wildman–Crippen MR) is 84.9 cm³/mol. The molecule has 0 spiro atoms. The molecule has 2 aromatic carbocycles. The smallest absolute Gasteiger partial charge is 0.335 e. The highest BCUT2D eigenvalue weighted by molar-refractivity contribution is 9.10. The lowest BCUT2D eigenvalue weighted by Gasteiger charge is -2.09. The van der Waals surface area contributed by atoms with E-state index >= 15 is 0 Å². The molecule has 0 heterocycles. The van der Waals surface area contributed by atoms with Crippen molar-refractivity contribution in [3.63, 3.8) is 0 Å². The largest absolute Gasteiger partial charge is 0.478 e. The van der Waals surface area contributed by atoms with Gasteiger partial charge < -0.3 is 16.2 Å². The second kappa shape index (κ2) is 6.15. The molecule has 0 bridgehead atoms. The van der Waals surface area contributed by atoms with Crippen molar-refractivity contribution < 1.29 is 14.7 Å². The molecular weight excluding hydrogens is 360 g/mol. The molecule has 21 heavy (non-hydrogen) atoms. The molecule has 0 aliphatic rings. The van der Waals surface area contributed by atoms with Crippen LogP contribution in [-0.4, -0.2) is 17.0 Å². The molecule has 0 aromatic heterocycles. The van der Waals surface area contributed by atoms with Crippen LogP contribution in [0.4, 0.5) is 11.4 Å². The van der Waals surface area contributed by atoms with Gasteiger partial charge in [0.15, 0.2) is 0 Å². The summed E-state index contributed by atoms with van der Waals surface area (Å²) in [5.74, 6) is -1.53. The van der Waals surface area contributed by atoms with Gasteiger partial charge in [0.1, 0.15) is 0 Å². The number of carboxylic acids is 1. The third kappa shape index (κ3) is 3.53. The number of nitrogens with two attached hydrogens (primary N) is 1. The molecule has 4 N–H and O–H groups in total. The Morgan fingerprint density at radius 3 is 2.43 bits per heavy atom. The number of hydrogen-bond acceptors (Lipinski definition) is 3. The molecule has 0 radical (unpaired) electrons. The molecule has 108 valence electrons. The number of hydrogen-bond donors (Lipinski definition) is 3. The van der Waals surface area contributed by atoms with E-state index in [9.17, 15) is 9.59 Å². The number of benzene rings is 2. The van der Waals surface area contributed by atoms with Crippen molar-refractivity contribution in [3.05, 3.63) is 57.0 Å². The Morgan fingerprint density at radius 2 is 1.81 bits per heavy atom. The summed E-state index contributed by atoms with van der Waals surface area (Å²) >= 11 is 9.19. The molecule has 2 rings (SSSR count). The van der Waals surface area contributed by atoms with Crippen molar-refractivity contribution in [1.29, 1.82) is 0 Å². The minimum atomic E-state index is -1.10. The van der Waals surface area contributed by atoms with Crippen LogP contribution in [0.3, 0.4) is 0 Å². The first-order chi connectivity index (χ1) is 9.88. The van der Waals surface area contributed by atoms with Gasteiger partial charge in [-0.3, -0.25) is 4.79 Å². The SMILES string of the molecule is Nc1cc(C(=O)Nc2cc(C(=O)O)ccc2Cl)ccc1Br. The maximum atomic E-state index is 12.1. The molecular formula is C14H10BrClN2O3. The minimum Gasteiger partial charge on any atom is -0.478 e. The number of carbonyl (C=O) groups is 2. The molecule has 0 aliphatic carbocycles. The molecule has 5 nitrogen and oxygen atoms in total. The van der Waals surface area contributed by atoms with E-state index in [1.807, 2.05) is 0 Å². The predicted octanol–water partition coefficient (Wildman–Crippen LogP) is 3.64. The first-order valence-electron chi connectivity index (χ1n) is 5.77. The number of nitrogens with one attached hydrogen (secondary N) is 1. The van der Waals surface area contributed by atoms with Crippen molar-refractivity contribution in [2.75, 3.05) is 11.1 Å². The van der Waals surface area contributed by atoms with E-state index in [1.54, 1.807) is 12.1 Å². The molecule has 0 atom stereocenters. The monoisotopic (exact) mass is 368 g/mol. The number of halogens is 2. The second-order valence-corrected chi connectivity index (χ2v) is 5.45. The van der Waals surface area contributed by atoms with Crippen molar-refractivity contribution in [2.24, 2.45) is 0 Å². The number of aromatic carboxylic acids is 1. The number of anilines is 2. The summed E-state index contributed by atoms with van der Waals surface area (Å²) in [7, 11) is 0. The Hall–Kier alpha value is -2.05. The van der Waals surface area contributed by atoms with Gasteiger partial charge in [-0.1, -0.05) is 11.6 Å². The fourth-order valence-corrected chi connectivity index (χ4v) is 2.04. The van der Waals surface area contributed by atoms with Gasteiger partial charge >= 0.3 is 5.97 Å². The van der Waals surface area contributed by atoms with E-state index in [4.69, 9.17) is 22.4 Å². The lowest BCUT2D eigenvalue weighted by molar-refractivity contribution is 0.0696. The molecule has 1 amide bonds. The average Bonchev–Trinajstić information content (AvgIpc) is 2.43. The zero-order valence-corrected chi connectivity index (χ0v) is 12.9. The van der Waals surface area contributed by atoms with Crippen LogP contribution in [0.5, 0.6) is 0 Å². The van der Waals surface area contributed by atoms with Gasteiger partial charge in [0, 0.05) is 15.7 Å². The van der Waals surface area contributed by atoms with Crippen LogP contribution in [0.1, 0.15) is 20.7 Å². The molecule has 0 fully saturated rings. The fraction of sp³-hybridized carbons (Fsp3) is 0. The Balaban J connectivity index is 2.28. The first-order valence-corrected chi connectivity index (χ1v) is 6.95. The summed E-state index contributed by atoms with van der Waals surface area (Å²) in [4.78, 5) is 23.0. The number of amides is 1. The van der Waals surface area contributed by atoms with E-state index in [0.29, 0.717) is 15.7 Å². The van der Waals surface area contributed by atoms with Crippen LogP contribution in [0.2, 0.25) is 5.02 Å². The average molecular weight is 370 g/mol. The van der Waals surface area contributed by atoms with Crippen molar-refractivity contribution >= 4 is 50.8 Å². The number of carbonyl (C=O) groups excluding carboxylic acids is 1. The highest BCUT2D eigenvalue weighted by Crippen LogP contribution is 2.25. The Bertz CT molecular complexity index is 734. The third-order valence-electron chi connectivity index (χ3n) is 2.72. The van der Waals surface area contributed by atoms with E-state index in [0.717, 1.165) is 0 Å². The summed E-state index contributed by atoms with van der Waals surface area (Å²) in [6.07, 6.45) is 0. The zero-order chi connectivity index (χ0) is 15.6. The van der Waals surface area contributed by atoms with Gasteiger partial charge in [0.25, 0.3) is 5.91 Å². The van der Waals surface area contributed by atoms with Crippen molar-refractivity contribution in [2.45, 2.75) is 0 Å². The number of rotatable bonds is 3. The molecule has 0 aliphatic heterocycles. The summed E-state index contributed by atoms with van der Waals surface area (Å²) < 4.78 is 0.685. The molecule has 0 saturated carbocycles. The highest BCUT2D eigenvalue weighted by Gasteiger charge is 2.12. The topological polar surface area (TPSA) is 92.4 Å². The number of nitrogen functional groups attached to an aromatic ring is 1. The summed E-state index contributed by atoms with van der Waals surface area (Å²) in [6, 6.07) is 8.82. The normalized spacial score (nSPS) is 10.2. The molecule has 0 saturated heterocycles. The maximum absolute atomic E-state index is 12.1. The number of carboxylic acid groups (broad SMARTS) is 1. The Kier molecular flexibility index (Phi) is 4.50. The summed E-state index contributed by atoms with van der Waals surface area (Å²) in [5.41, 5.74) is 6.74. The van der Waals surface area contributed by atoms with E-state index < -0.39 is 11.9 Å². The van der Waals surface area contributed by atoms with E-state index in [1.165, 1.54) is 24.3 Å². The van der Waals surface area contributed by atoms with Crippen molar-refractivity contribution in [3.8, 4) is 0 Å². The highest BCUT2D eigenvalue weighted by atomic mass is 79.9. The van der Waals surface area contributed by atoms with Crippen LogP contribution in [-0.2, 0) is 0 Å². The third-order valence-corrected chi connectivity index (χ3v) is 3.77. The van der Waals surface area contributed by atoms with Crippen LogP contribution >= 0.6 is 27.5 Å². The van der Waals surface area contributed by atoms with Crippen LogP contribution in [0.25, 0.3) is 0 Å². The summed E-state index contributed by atoms with van der Waals surface area (Å²) in [6.45, 7) is 0. The Morgan fingerprint density at radius 1 is 1.14 bits per heavy atom. The standard InChI is InChI=1S/C14H10BrClN2O3/c15-9-3-1-7(5-11(9)17)13(19)18-12-6-8(14(20)21)2-4-10(12)16/h1-6H,17H2,(H,18,19)(H,20,21). The van der Waals surface area contributed by atoms with Gasteiger partial charge in [-0.15, -0.1) is 0 Å². The van der Waals surface area contributed by atoms with Gasteiger partial charge in [-0.05, 0) is 52.3 Å². The minimum absolute atomic E-state index is 0.0324. The maximum Gasteiger partial charge on any atom is 0.335 e. The Labute approximate surface area is 133 Å². The van der Waals surface area contributed by atoms with Crippen LogP contribution in [0.15, 0.2) is 40.9 Å². The second-order valence-electron chi connectivity index (χ2n) is 4.19. The van der Waals surface area contributed by atoms with Gasteiger partial charge in [0.05, 0.1) is 16.3 Å². The lowest BCUT2D eigenvalue weighted by atomic mass is 10.1. The van der Waals surface area contributed by atoms with Crippen molar-refractivity contribution in [1.82, 2.24) is 0 Å². The summed E-state index contributed by atoms with van der Waals surface area (Å²) in [5, 5.41) is 11.8. The zero-order valence-electron chi connectivity index (χ0n) is 10.6. The lowest BCUT2D eigenvalue weighted by Crippen LogP contribution is -2.13. The van der Waals surface area contributed by atoms with Crippen LogP contribution in [0, 0.1) is 0 Å². The molecule has 0 unspecified atom stereocenters. The first kappa shape index (κ1) is 15.3. The van der Waals surface area contributed by atoms with Gasteiger partial charge in [-0.25, -0.2) is 4.79 Å². The quantitative estimate of drug-likeness (QED) is 0.720. The van der Waals surface area contributed by atoms with Gasteiger partial charge in [-0.2, -0.15) is 0 Å². The van der Waals surface area contributed by atoms with Gasteiger partial charge in [0.2, 0.25) is 0 Å². The van der Waals surface area contributed by atoms with E-state index in [-0.39, 0.29) is 16.3 Å². The fourth-order valence-electron chi connectivity index (χ4n) is 1.63. The molecule has 7 heteroatoms. The molecule has 2 aromatic rings.